The summed E-state index contributed by atoms with van der Waals surface area (Å²) in [5.41, 5.74) is 3.88. The van der Waals surface area contributed by atoms with Crippen LogP contribution in [0.25, 0.3) is 0 Å². The highest BCUT2D eigenvalue weighted by atomic mass is 35.5. The highest BCUT2D eigenvalue weighted by molar-refractivity contribution is 8.14. The van der Waals surface area contributed by atoms with Crippen LogP contribution < -0.4 is 0 Å². The lowest BCUT2D eigenvalue weighted by Gasteiger charge is -2.21. The summed E-state index contributed by atoms with van der Waals surface area (Å²) in [6, 6.07) is 4.51. The summed E-state index contributed by atoms with van der Waals surface area (Å²) in [6.07, 6.45) is 0. The van der Waals surface area contributed by atoms with Crippen LogP contribution in [0.1, 0.15) is 76.0 Å². The monoisotopic (exact) mass is 312 g/mol. The number of carbonyl (C=O) groups is 1. The van der Waals surface area contributed by atoms with Crippen LogP contribution in [0, 0.1) is 0 Å². The van der Waals surface area contributed by atoms with E-state index in [0.29, 0.717) is 17.8 Å². The van der Waals surface area contributed by atoms with E-state index in [9.17, 15) is 4.79 Å². The lowest BCUT2D eigenvalue weighted by Crippen LogP contribution is -2.05. The molecule has 0 fully saturated rings. The van der Waals surface area contributed by atoms with Crippen molar-refractivity contribution in [1.29, 1.82) is 0 Å². The van der Waals surface area contributed by atoms with Crippen LogP contribution in [0.2, 0.25) is 0 Å². The number of rotatable bonds is 5. The van der Waals surface area contributed by atoms with Gasteiger partial charge >= 0.3 is 0 Å². The van der Waals surface area contributed by atoms with Gasteiger partial charge in [0.25, 0.3) is 0 Å². The average molecular weight is 313 g/mol. The van der Waals surface area contributed by atoms with Crippen LogP contribution in [0.5, 0.6) is 0 Å². The number of thioether (sulfide) groups is 1. The van der Waals surface area contributed by atoms with E-state index in [-0.39, 0.29) is 11.0 Å². The summed E-state index contributed by atoms with van der Waals surface area (Å²) >= 11 is 6.98. The molecule has 0 bridgehead atoms. The predicted octanol–water partition coefficient (Wildman–Crippen LogP) is 5.91. The Morgan fingerprint density at radius 3 is 1.75 bits per heavy atom. The minimum absolute atomic E-state index is 0.0211. The van der Waals surface area contributed by atoms with E-state index in [1.807, 2.05) is 0 Å². The molecular weight excluding hydrogens is 288 g/mol. The highest BCUT2D eigenvalue weighted by Gasteiger charge is 2.19. The molecule has 0 saturated heterocycles. The zero-order valence-corrected chi connectivity index (χ0v) is 14.9. The normalized spacial score (nSPS) is 11.7. The van der Waals surface area contributed by atoms with Crippen LogP contribution in [-0.4, -0.2) is 11.0 Å². The van der Waals surface area contributed by atoms with Crippen molar-refractivity contribution in [2.45, 2.75) is 64.2 Å². The van der Waals surface area contributed by atoms with Gasteiger partial charge in [-0.15, -0.1) is 11.6 Å². The molecule has 0 saturated carbocycles. The topological polar surface area (TPSA) is 17.1 Å². The fourth-order valence-electron chi connectivity index (χ4n) is 2.15. The van der Waals surface area contributed by atoms with E-state index in [1.54, 1.807) is 0 Å². The second-order valence-electron chi connectivity index (χ2n) is 6.10. The maximum absolute atomic E-state index is 11.8. The molecular formula is C17H25ClOS. The van der Waals surface area contributed by atoms with Gasteiger partial charge in [-0.25, -0.2) is 0 Å². The molecule has 1 aromatic carbocycles. The molecule has 0 unspecified atom stereocenters. The van der Waals surface area contributed by atoms with Gasteiger partial charge in [0.15, 0.2) is 0 Å². The van der Waals surface area contributed by atoms with Crippen LogP contribution >= 0.6 is 23.4 Å². The fourth-order valence-corrected chi connectivity index (χ4v) is 3.42. The zero-order chi connectivity index (χ0) is 15.4. The fraction of sp³-hybridized carbons (Fsp3) is 0.588. The molecule has 112 valence electrons. The Morgan fingerprint density at radius 1 is 1.00 bits per heavy atom. The van der Waals surface area contributed by atoms with Gasteiger partial charge in [-0.2, -0.15) is 0 Å². The molecule has 0 radical (unpaired) electrons. The summed E-state index contributed by atoms with van der Waals surface area (Å²) in [7, 11) is 0. The summed E-state index contributed by atoms with van der Waals surface area (Å²) in [5.74, 6) is 1.35. The minimum atomic E-state index is 0.0211. The van der Waals surface area contributed by atoms with Gasteiger partial charge in [-0.3, -0.25) is 4.79 Å². The van der Waals surface area contributed by atoms with E-state index >= 15 is 0 Å². The van der Waals surface area contributed by atoms with Crippen molar-refractivity contribution >= 4 is 28.5 Å². The van der Waals surface area contributed by atoms with Crippen molar-refractivity contribution in [2.24, 2.45) is 0 Å². The Kier molecular flexibility index (Phi) is 6.60. The van der Waals surface area contributed by atoms with Crippen LogP contribution in [0.4, 0.5) is 0 Å². The number of carbonyl (C=O) groups excluding carboxylic acids is 1. The molecule has 0 spiro atoms. The van der Waals surface area contributed by atoms with Crippen molar-refractivity contribution in [1.82, 2.24) is 0 Å². The lowest BCUT2D eigenvalue weighted by atomic mass is 9.89. The Hall–Kier alpha value is -0.470. The van der Waals surface area contributed by atoms with E-state index < -0.39 is 0 Å². The first kappa shape index (κ1) is 17.6. The maximum Gasteiger partial charge on any atom is 0.208 e. The largest absolute Gasteiger partial charge is 0.285 e. The van der Waals surface area contributed by atoms with Gasteiger partial charge in [0.05, 0.1) is 5.88 Å². The lowest BCUT2D eigenvalue weighted by molar-refractivity contribution is -0.108. The zero-order valence-electron chi connectivity index (χ0n) is 13.3. The number of hydrogen-bond donors (Lipinski definition) is 0. The summed E-state index contributed by atoms with van der Waals surface area (Å²) in [4.78, 5) is 12.9. The second kappa shape index (κ2) is 7.51. The van der Waals surface area contributed by atoms with E-state index in [2.05, 4.69) is 53.7 Å². The number of halogens is 1. The van der Waals surface area contributed by atoms with Gasteiger partial charge < -0.3 is 0 Å². The SMILES string of the molecule is CC(C)c1cc(C(C)C)c(SC(=O)CCl)c(C(C)C)c1. The van der Waals surface area contributed by atoms with E-state index in [1.165, 1.54) is 28.5 Å². The molecule has 0 aliphatic carbocycles. The molecule has 0 amide bonds. The van der Waals surface area contributed by atoms with Crippen molar-refractivity contribution in [2.75, 3.05) is 5.88 Å². The number of alkyl halides is 1. The summed E-state index contributed by atoms with van der Waals surface area (Å²) < 4.78 is 0. The molecule has 0 aliphatic heterocycles. The van der Waals surface area contributed by atoms with Gasteiger partial charge in [-0.05, 0) is 34.4 Å². The molecule has 0 aromatic heterocycles. The third-order valence-electron chi connectivity index (χ3n) is 3.40. The molecule has 1 nitrogen and oxygen atoms in total. The molecule has 0 heterocycles. The second-order valence-corrected chi connectivity index (χ2v) is 7.44. The average Bonchev–Trinajstić information content (AvgIpc) is 2.37. The predicted molar refractivity (Wildman–Crippen MR) is 90.3 cm³/mol. The number of benzene rings is 1. The standard InChI is InChI=1S/C17H25ClOS/c1-10(2)13-7-14(11(3)4)17(20-16(19)9-18)15(8-13)12(5)6/h7-8,10-12H,9H2,1-6H3. The quantitative estimate of drug-likeness (QED) is 0.496. The Morgan fingerprint density at radius 2 is 1.45 bits per heavy atom. The molecule has 3 heteroatoms. The van der Waals surface area contributed by atoms with Crippen molar-refractivity contribution < 1.29 is 4.79 Å². The van der Waals surface area contributed by atoms with E-state index in [0.717, 1.165) is 4.90 Å². The summed E-state index contributed by atoms with van der Waals surface area (Å²) in [6.45, 7) is 13.1. The van der Waals surface area contributed by atoms with Gasteiger partial charge in [0.1, 0.15) is 0 Å². The van der Waals surface area contributed by atoms with E-state index in [4.69, 9.17) is 11.6 Å². The van der Waals surface area contributed by atoms with Crippen molar-refractivity contribution in [3.8, 4) is 0 Å². The first-order valence-electron chi connectivity index (χ1n) is 7.22. The van der Waals surface area contributed by atoms with Crippen LogP contribution in [0.15, 0.2) is 17.0 Å². The Labute approximate surface area is 132 Å². The molecule has 0 N–H and O–H groups in total. The van der Waals surface area contributed by atoms with Crippen LogP contribution in [-0.2, 0) is 4.79 Å². The molecule has 0 atom stereocenters. The molecule has 1 rings (SSSR count). The first-order valence-corrected chi connectivity index (χ1v) is 8.57. The smallest absolute Gasteiger partial charge is 0.208 e. The molecule has 1 aromatic rings. The minimum Gasteiger partial charge on any atom is -0.285 e. The van der Waals surface area contributed by atoms with Crippen LogP contribution in [0.3, 0.4) is 0 Å². The Balaban J connectivity index is 3.46. The van der Waals surface area contributed by atoms with Crippen molar-refractivity contribution in [3.63, 3.8) is 0 Å². The third kappa shape index (κ3) is 4.26. The maximum atomic E-state index is 11.8. The third-order valence-corrected chi connectivity index (χ3v) is 4.85. The van der Waals surface area contributed by atoms with Gasteiger partial charge in [0.2, 0.25) is 5.12 Å². The molecule has 20 heavy (non-hydrogen) atoms. The Bertz CT molecular complexity index is 449. The van der Waals surface area contributed by atoms with Gasteiger partial charge in [-0.1, -0.05) is 65.4 Å². The summed E-state index contributed by atoms with van der Waals surface area (Å²) in [5, 5.41) is 0.0211. The molecule has 0 aliphatic rings. The highest BCUT2D eigenvalue weighted by Crippen LogP contribution is 2.38. The number of hydrogen-bond acceptors (Lipinski definition) is 2. The van der Waals surface area contributed by atoms with Crippen molar-refractivity contribution in [3.05, 3.63) is 28.8 Å². The van der Waals surface area contributed by atoms with Gasteiger partial charge in [0, 0.05) is 4.90 Å². The first-order chi connectivity index (χ1) is 9.27.